The molecule has 0 aromatic carbocycles. The van der Waals surface area contributed by atoms with Gasteiger partial charge in [0.15, 0.2) is 0 Å². The maximum atomic E-state index is 10.4. The van der Waals surface area contributed by atoms with Crippen molar-refractivity contribution in [2.75, 3.05) is 6.54 Å². The normalized spacial score (nSPS) is 7.92. The maximum Gasteiger partial charge on any atom is 0.325 e. The van der Waals surface area contributed by atoms with Crippen LogP contribution in [0.1, 0.15) is 13.8 Å². The van der Waals surface area contributed by atoms with E-state index in [1.807, 2.05) is 0 Å². The summed E-state index contributed by atoms with van der Waals surface area (Å²) < 4.78 is 0.725. The van der Waals surface area contributed by atoms with Crippen LogP contribution in [0, 0.1) is 0 Å². The van der Waals surface area contributed by atoms with Gasteiger partial charge < -0.3 is 10.8 Å². The van der Waals surface area contributed by atoms with Gasteiger partial charge in [0.05, 0.1) is 0 Å². The summed E-state index contributed by atoms with van der Waals surface area (Å²) in [6.07, 6.45) is 0. The number of hydrogen-bond acceptors (Lipinski definition) is 3. The smallest absolute Gasteiger partial charge is 0.325 e. The molecular formula is C6H11ClN2O4. The molecule has 0 saturated heterocycles. The number of nitrogens with zero attached hydrogens (tertiary/aromatic N) is 1. The molecule has 2 amide bonds. The highest BCUT2D eigenvalue weighted by Gasteiger charge is 2.14. The van der Waals surface area contributed by atoms with Gasteiger partial charge in [-0.2, -0.15) is 0 Å². The van der Waals surface area contributed by atoms with E-state index in [0.29, 0.717) is 0 Å². The third-order valence-electron chi connectivity index (χ3n) is 0.709. The Morgan fingerprint density at radius 3 is 1.85 bits per heavy atom. The lowest BCUT2D eigenvalue weighted by atomic mass is 10.5. The average molecular weight is 211 g/mol. The minimum absolute atomic E-state index is 0.267. The highest BCUT2D eigenvalue weighted by molar-refractivity contribution is 6.41. The van der Waals surface area contributed by atoms with E-state index in [-0.39, 0.29) is 6.54 Å². The lowest BCUT2D eigenvalue weighted by Gasteiger charge is -2.05. The number of amides is 2. The van der Waals surface area contributed by atoms with Gasteiger partial charge in [0.1, 0.15) is 0 Å². The van der Waals surface area contributed by atoms with Gasteiger partial charge in [-0.3, -0.25) is 14.4 Å². The molecule has 0 atom stereocenters. The Balaban J connectivity index is 0. The van der Waals surface area contributed by atoms with Gasteiger partial charge in [-0.1, -0.05) is 0 Å². The molecule has 0 aliphatic heterocycles. The highest BCUT2D eigenvalue weighted by Crippen LogP contribution is 1.91. The number of carboxylic acid groups (broad SMARTS) is 1. The first-order valence-electron chi connectivity index (χ1n) is 3.29. The second kappa shape index (κ2) is 7.35. The van der Waals surface area contributed by atoms with Crippen molar-refractivity contribution in [1.29, 1.82) is 0 Å². The number of halogens is 1. The number of nitrogens with two attached hydrogens (primary N) is 1. The number of aliphatic carboxylic acids is 1. The number of carbonyl (C=O) groups excluding carboxylic acids is 2. The molecule has 0 bridgehead atoms. The number of likely N-dealkylation sites (N-methyl/N-ethyl adjacent to an activating group) is 1. The molecule has 76 valence electrons. The molecule has 3 N–H and O–H groups in total. The quantitative estimate of drug-likeness (QED) is 0.453. The van der Waals surface area contributed by atoms with E-state index in [1.165, 1.54) is 0 Å². The highest BCUT2D eigenvalue weighted by atomic mass is 35.5. The zero-order valence-corrected chi connectivity index (χ0v) is 8.04. The van der Waals surface area contributed by atoms with Gasteiger partial charge in [-0.25, -0.2) is 4.42 Å². The molecule has 0 spiro atoms. The molecule has 0 saturated carbocycles. The molecular weight excluding hydrogens is 200 g/mol. The van der Waals surface area contributed by atoms with Crippen LogP contribution in [0.15, 0.2) is 0 Å². The summed E-state index contributed by atoms with van der Waals surface area (Å²) in [6, 6.07) is 0. The van der Waals surface area contributed by atoms with Crippen LogP contribution in [0.25, 0.3) is 0 Å². The van der Waals surface area contributed by atoms with E-state index in [1.54, 1.807) is 6.92 Å². The largest absolute Gasteiger partial charge is 0.481 e. The lowest BCUT2D eigenvalue weighted by molar-refractivity contribution is -0.140. The fraction of sp³-hybridized carbons (Fsp3) is 0.500. The van der Waals surface area contributed by atoms with Crippen molar-refractivity contribution < 1.29 is 19.5 Å². The summed E-state index contributed by atoms with van der Waals surface area (Å²) in [7, 11) is 0. The Morgan fingerprint density at radius 2 is 1.77 bits per heavy atom. The molecule has 0 heterocycles. The van der Waals surface area contributed by atoms with Gasteiger partial charge in [0.2, 0.25) is 0 Å². The van der Waals surface area contributed by atoms with Crippen molar-refractivity contribution >= 4 is 29.6 Å². The molecule has 0 aliphatic carbocycles. The Labute approximate surface area is 80.4 Å². The molecule has 0 aromatic heterocycles. The Bertz CT molecular complexity index is 203. The lowest BCUT2D eigenvalue weighted by Crippen LogP contribution is -2.34. The van der Waals surface area contributed by atoms with Crippen LogP contribution in [0.5, 0.6) is 0 Å². The van der Waals surface area contributed by atoms with Crippen molar-refractivity contribution in [3.8, 4) is 0 Å². The van der Waals surface area contributed by atoms with Crippen molar-refractivity contribution in [3.05, 3.63) is 0 Å². The van der Waals surface area contributed by atoms with Crippen LogP contribution in [-0.4, -0.2) is 33.9 Å². The predicted molar refractivity (Wildman–Crippen MR) is 45.7 cm³/mol. The second-order valence-electron chi connectivity index (χ2n) is 1.87. The molecule has 0 fully saturated rings. The number of carbonyl (C=O) groups is 3. The van der Waals surface area contributed by atoms with Gasteiger partial charge >= 0.3 is 11.8 Å². The predicted octanol–water partition coefficient (Wildman–Crippen LogP) is -0.435. The fourth-order valence-corrected chi connectivity index (χ4v) is 0.346. The van der Waals surface area contributed by atoms with Crippen molar-refractivity contribution in [1.82, 2.24) is 4.42 Å². The first-order chi connectivity index (χ1) is 5.82. The van der Waals surface area contributed by atoms with Gasteiger partial charge in [0, 0.05) is 25.2 Å². The van der Waals surface area contributed by atoms with E-state index in [2.05, 4.69) is 5.73 Å². The van der Waals surface area contributed by atoms with E-state index in [9.17, 15) is 9.59 Å². The van der Waals surface area contributed by atoms with Crippen LogP contribution in [0.3, 0.4) is 0 Å². The zero-order chi connectivity index (χ0) is 11.0. The van der Waals surface area contributed by atoms with E-state index in [0.717, 1.165) is 11.3 Å². The van der Waals surface area contributed by atoms with Crippen LogP contribution in [-0.2, 0) is 14.4 Å². The molecule has 0 aliphatic rings. The minimum Gasteiger partial charge on any atom is -0.481 e. The van der Waals surface area contributed by atoms with E-state index < -0.39 is 17.8 Å². The number of carboxylic acids is 1. The average Bonchev–Trinajstić information content (AvgIpc) is 2.00. The molecule has 6 nitrogen and oxygen atoms in total. The molecule has 13 heavy (non-hydrogen) atoms. The van der Waals surface area contributed by atoms with Crippen molar-refractivity contribution in [2.24, 2.45) is 5.73 Å². The molecule has 0 aromatic rings. The van der Waals surface area contributed by atoms with Crippen molar-refractivity contribution in [2.45, 2.75) is 13.8 Å². The first kappa shape index (κ1) is 14.2. The molecule has 7 heteroatoms. The summed E-state index contributed by atoms with van der Waals surface area (Å²) in [5, 5.41) is 7.42. The maximum absolute atomic E-state index is 10.4. The van der Waals surface area contributed by atoms with Crippen LogP contribution in [0.2, 0.25) is 0 Å². The zero-order valence-electron chi connectivity index (χ0n) is 7.28. The van der Waals surface area contributed by atoms with Crippen LogP contribution < -0.4 is 5.73 Å². The molecule has 0 unspecified atom stereocenters. The number of hydrogen-bond donors (Lipinski definition) is 2. The number of primary amides is 1. The van der Waals surface area contributed by atoms with Gasteiger partial charge in [-0.05, 0) is 6.92 Å². The fourth-order valence-electron chi connectivity index (χ4n) is 0.263. The summed E-state index contributed by atoms with van der Waals surface area (Å²) >= 11 is 5.19. The summed E-state index contributed by atoms with van der Waals surface area (Å²) in [4.78, 5) is 29.4. The van der Waals surface area contributed by atoms with Crippen LogP contribution in [0.4, 0.5) is 0 Å². The second-order valence-corrected chi connectivity index (χ2v) is 2.27. The third-order valence-corrected chi connectivity index (χ3v) is 1.10. The Hall–Kier alpha value is -1.30. The van der Waals surface area contributed by atoms with E-state index >= 15 is 0 Å². The van der Waals surface area contributed by atoms with Gasteiger partial charge in [-0.15, -0.1) is 0 Å². The summed E-state index contributed by atoms with van der Waals surface area (Å²) in [5.74, 6) is -2.74. The monoisotopic (exact) mass is 210 g/mol. The SMILES string of the molecule is CC(=O)O.CCN(Cl)C(=O)C(N)=O. The minimum atomic E-state index is -1.04. The summed E-state index contributed by atoms with van der Waals surface area (Å²) in [6.45, 7) is 2.98. The van der Waals surface area contributed by atoms with E-state index in [4.69, 9.17) is 21.7 Å². The molecule has 0 radical (unpaired) electrons. The topological polar surface area (TPSA) is 101 Å². The van der Waals surface area contributed by atoms with Crippen LogP contribution >= 0.6 is 11.8 Å². The third kappa shape index (κ3) is 10.7. The Kier molecular flexibility index (Phi) is 8.05. The van der Waals surface area contributed by atoms with Crippen molar-refractivity contribution in [3.63, 3.8) is 0 Å². The first-order valence-corrected chi connectivity index (χ1v) is 3.63. The standard InChI is InChI=1S/C4H7ClN2O2.C2H4O2/c1-2-7(5)4(9)3(6)8;1-2(3)4/h2H2,1H3,(H2,6,8);1H3,(H,3,4). The Morgan fingerprint density at radius 1 is 1.46 bits per heavy atom. The molecule has 0 rings (SSSR count). The summed E-state index contributed by atoms with van der Waals surface area (Å²) in [5.41, 5.74) is 4.60. The number of rotatable bonds is 1. The van der Waals surface area contributed by atoms with Gasteiger partial charge in [0.25, 0.3) is 5.97 Å².